The number of nitrogens with one attached hydrogen (secondary N) is 1. The Hall–Kier alpha value is -3.54. The molecule has 0 radical (unpaired) electrons. The summed E-state index contributed by atoms with van der Waals surface area (Å²) in [5, 5.41) is 14.9. The standard InChI is InChI=1S/C21H20N4O2/c1-4-11-22-21-23-19(18-12-14(2)15(3)13-20(18)24-21)10-7-16-5-8-17(9-6-16)25(26)27/h4-10,12-13H,1,11H2,2-3H3,(H,22,23,24). The van der Waals surface area contributed by atoms with E-state index in [0.29, 0.717) is 12.5 Å². The minimum atomic E-state index is -0.409. The lowest BCUT2D eigenvalue weighted by atomic mass is 10.0. The summed E-state index contributed by atoms with van der Waals surface area (Å²) in [6.45, 7) is 8.39. The second-order valence-corrected chi connectivity index (χ2v) is 6.24. The van der Waals surface area contributed by atoms with Crippen LogP contribution in [0.1, 0.15) is 22.4 Å². The van der Waals surface area contributed by atoms with E-state index in [2.05, 4.69) is 47.8 Å². The zero-order chi connectivity index (χ0) is 19.4. The summed E-state index contributed by atoms with van der Waals surface area (Å²) in [6.07, 6.45) is 5.54. The summed E-state index contributed by atoms with van der Waals surface area (Å²) in [4.78, 5) is 19.6. The first-order valence-corrected chi connectivity index (χ1v) is 8.54. The second kappa shape index (κ2) is 7.78. The number of hydrogen-bond donors (Lipinski definition) is 1. The van der Waals surface area contributed by atoms with Crippen LogP contribution in [0.5, 0.6) is 0 Å². The Balaban J connectivity index is 2.03. The highest BCUT2D eigenvalue weighted by Gasteiger charge is 2.08. The van der Waals surface area contributed by atoms with E-state index in [1.807, 2.05) is 12.2 Å². The van der Waals surface area contributed by atoms with Crippen LogP contribution in [0.3, 0.4) is 0 Å². The molecule has 0 spiro atoms. The van der Waals surface area contributed by atoms with Gasteiger partial charge in [-0.3, -0.25) is 10.1 Å². The molecule has 0 unspecified atom stereocenters. The molecule has 3 rings (SSSR count). The number of nitro benzene ring substituents is 1. The molecule has 3 aromatic rings. The van der Waals surface area contributed by atoms with Gasteiger partial charge in [0.25, 0.3) is 5.69 Å². The van der Waals surface area contributed by atoms with Crippen LogP contribution in [0.15, 0.2) is 49.1 Å². The van der Waals surface area contributed by atoms with Gasteiger partial charge in [-0.1, -0.05) is 12.2 Å². The fourth-order valence-corrected chi connectivity index (χ4v) is 2.66. The van der Waals surface area contributed by atoms with Gasteiger partial charge in [0.1, 0.15) is 0 Å². The van der Waals surface area contributed by atoms with Crippen LogP contribution < -0.4 is 5.32 Å². The van der Waals surface area contributed by atoms with Crippen LogP contribution >= 0.6 is 0 Å². The molecule has 6 heteroatoms. The number of aryl methyl sites for hydroxylation is 2. The Labute approximate surface area is 157 Å². The number of non-ortho nitro benzene ring substituents is 1. The highest BCUT2D eigenvalue weighted by Crippen LogP contribution is 2.24. The molecule has 1 aromatic heterocycles. The van der Waals surface area contributed by atoms with Crippen molar-refractivity contribution in [2.45, 2.75) is 13.8 Å². The van der Waals surface area contributed by atoms with Crippen molar-refractivity contribution in [3.8, 4) is 0 Å². The third-order valence-electron chi connectivity index (χ3n) is 4.28. The molecule has 6 nitrogen and oxygen atoms in total. The molecule has 0 saturated heterocycles. The van der Waals surface area contributed by atoms with Crippen LogP contribution in [0.2, 0.25) is 0 Å². The number of nitro groups is 1. The molecule has 0 bridgehead atoms. The quantitative estimate of drug-likeness (QED) is 0.383. The lowest BCUT2D eigenvalue weighted by molar-refractivity contribution is -0.384. The minimum absolute atomic E-state index is 0.0710. The van der Waals surface area contributed by atoms with Crippen molar-refractivity contribution in [2.75, 3.05) is 11.9 Å². The Morgan fingerprint density at radius 2 is 1.81 bits per heavy atom. The summed E-state index contributed by atoms with van der Waals surface area (Å²) >= 11 is 0. The van der Waals surface area contributed by atoms with E-state index in [9.17, 15) is 10.1 Å². The van der Waals surface area contributed by atoms with E-state index in [1.54, 1.807) is 18.2 Å². The molecule has 27 heavy (non-hydrogen) atoms. The lowest BCUT2D eigenvalue weighted by Gasteiger charge is -2.09. The number of nitrogens with zero attached hydrogens (tertiary/aromatic N) is 3. The third-order valence-corrected chi connectivity index (χ3v) is 4.28. The Bertz CT molecular complexity index is 1040. The molecule has 136 valence electrons. The van der Waals surface area contributed by atoms with Gasteiger partial charge < -0.3 is 5.32 Å². The van der Waals surface area contributed by atoms with Gasteiger partial charge in [0.2, 0.25) is 5.95 Å². The number of rotatable bonds is 6. The SMILES string of the molecule is C=CCNc1nc(C=Cc2ccc([N+](=O)[O-])cc2)c2cc(C)c(C)cc2n1. The molecule has 0 saturated carbocycles. The van der Waals surface area contributed by atoms with Crippen LogP contribution in [0.25, 0.3) is 23.1 Å². The molecular weight excluding hydrogens is 340 g/mol. The summed E-state index contributed by atoms with van der Waals surface area (Å²) < 4.78 is 0. The average Bonchev–Trinajstić information content (AvgIpc) is 2.66. The van der Waals surface area contributed by atoms with Crippen molar-refractivity contribution in [2.24, 2.45) is 0 Å². The summed E-state index contributed by atoms with van der Waals surface area (Å²) in [7, 11) is 0. The fourth-order valence-electron chi connectivity index (χ4n) is 2.66. The van der Waals surface area contributed by atoms with Crippen molar-refractivity contribution in [1.29, 1.82) is 0 Å². The molecule has 0 atom stereocenters. The zero-order valence-corrected chi connectivity index (χ0v) is 15.3. The Morgan fingerprint density at radius 1 is 1.11 bits per heavy atom. The van der Waals surface area contributed by atoms with Crippen molar-refractivity contribution < 1.29 is 4.92 Å². The maximum Gasteiger partial charge on any atom is 0.269 e. The molecule has 2 aromatic carbocycles. The first-order valence-electron chi connectivity index (χ1n) is 8.54. The van der Waals surface area contributed by atoms with E-state index >= 15 is 0 Å². The highest BCUT2D eigenvalue weighted by atomic mass is 16.6. The largest absolute Gasteiger partial charge is 0.351 e. The van der Waals surface area contributed by atoms with Gasteiger partial charge in [-0.2, -0.15) is 0 Å². The predicted molar refractivity (Wildman–Crippen MR) is 110 cm³/mol. The average molecular weight is 360 g/mol. The van der Waals surface area contributed by atoms with E-state index in [1.165, 1.54) is 23.3 Å². The van der Waals surface area contributed by atoms with Gasteiger partial charge in [-0.15, -0.1) is 6.58 Å². The molecular formula is C21H20N4O2. The summed E-state index contributed by atoms with van der Waals surface area (Å²) in [5.74, 6) is 0.536. The van der Waals surface area contributed by atoms with Gasteiger partial charge in [-0.25, -0.2) is 9.97 Å². The van der Waals surface area contributed by atoms with E-state index in [-0.39, 0.29) is 5.69 Å². The molecule has 1 heterocycles. The highest BCUT2D eigenvalue weighted by molar-refractivity contribution is 5.90. The smallest absolute Gasteiger partial charge is 0.269 e. The number of hydrogen-bond acceptors (Lipinski definition) is 5. The normalized spacial score (nSPS) is 11.0. The topological polar surface area (TPSA) is 81.0 Å². The number of anilines is 1. The Morgan fingerprint density at radius 3 is 2.48 bits per heavy atom. The monoisotopic (exact) mass is 360 g/mol. The fraction of sp³-hybridized carbons (Fsp3) is 0.143. The van der Waals surface area contributed by atoms with Crippen molar-refractivity contribution in [1.82, 2.24) is 9.97 Å². The van der Waals surface area contributed by atoms with Gasteiger partial charge in [-0.05, 0) is 60.9 Å². The zero-order valence-electron chi connectivity index (χ0n) is 15.3. The Kier molecular flexibility index (Phi) is 5.26. The maximum atomic E-state index is 10.8. The lowest BCUT2D eigenvalue weighted by Crippen LogP contribution is -2.04. The first-order chi connectivity index (χ1) is 13.0. The number of benzene rings is 2. The molecule has 0 amide bonds. The molecule has 0 aliphatic heterocycles. The van der Waals surface area contributed by atoms with Gasteiger partial charge in [0.05, 0.1) is 16.1 Å². The van der Waals surface area contributed by atoms with Gasteiger partial charge in [0, 0.05) is 24.1 Å². The number of aromatic nitrogens is 2. The van der Waals surface area contributed by atoms with Gasteiger partial charge >= 0.3 is 0 Å². The van der Waals surface area contributed by atoms with Crippen molar-refractivity contribution in [3.63, 3.8) is 0 Å². The summed E-state index contributed by atoms with van der Waals surface area (Å²) in [6, 6.07) is 10.5. The van der Waals surface area contributed by atoms with E-state index < -0.39 is 4.92 Å². The van der Waals surface area contributed by atoms with E-state index in [4.69, 9.17) is 0 Å². The molecule has 0 aliphatic carbocycles. The van der Waals surface area contributed by atoms with Crippen molar-refractivity contribution in [3.05, 3.63) is 81.6 Å². The minimum Gasteiger partial charge on any atom is -0.351 e. The second-order valence-electron chi connectivity index (χ2n) is 6.24. The van der Waals surface area contributed by atoms with Crippen LogP contribution in [0, 0.1) is 24.0 Å². The van der Waals surface area contributed by atoms with Crippen molar-refractivity contribution >= 4 is 34.7 Å². The third kappa shape index (κ3) is 4.17. The maximum absolute atomic E-state index is 10.8. The molecule has 0 fully saturated rings. The van der Waals surface area contributed by atoms with Crippen LogP contribution in [0.4, 0.5) is 11.6 Å². The summed E-state index contributed by atoms with van der Waals surface area (Å²) in [5.41, 5.74) is 4.92. The van der Waals surface area contributed by atoms with Crippen LogP contribution in [-0.2, 0) is 0 Å². The van der Waals surface area contributed by atoms with E-state index in [0.717, 1.165) is 22.2 Å². The van der Waals surface area contributed by atoms with Gasteiger partial charge in [0.15, 0.2) is 0 Å². The predicted octanol–water partition coefficient (Wildman–Crippen LogP) is 4.92. The van der Waals surface area contributed by atoms with Crippen LogP contribution in [-0.4, -0.2) is 21.4 Å². The number of fused-ring (bicyclic) bond motifs is 1. The molecule has 1 N–H and O–H groups in total. The molecule has 0 aliphatic rings. The first kappa shape index (κ1) is 18.3.